The maximum Gasteiger partial charge on any atom is 0.244 e. The van der Waals surface area contributed by atoms with Gasteiger partial charge in [-0.1, -0.05) is 83.9 Å². The molecule has 4 rings (SSSR count). The van der Waals surface area contributed by atoms with Crippen molar-refractivity contribution in [3.8, 4) is 0 Å². The van der Waals surface area contributed by atoms with E-state index in [0.29, 0.717) is 9.92 Å². The van der Waals surface area contributed by atoms with Crippen molar-refractivity contribution in [1.82, 2.24) is 4.31 Å². The van der Waals surface area contributed by atoms with E-state index in [-0.39, 0.29) is 12.1 Å². The molecule has 1 fully saturated rings. The van der Waals surface area contributed by atoms with E-state index in [1.165, 1.54) is 0 Å². The summed E-state index contributed by atoms with van der Waals surface area (Å²) in [6, 6.07) is 23.8. The lowest BCUT2D eigenvalue weighted by Gasteiger charge is -2.07. The van der Waals surface area contributed by atoms with Crippen LogP contribution in [0.5, 0.6) is 0 Å². The van der Waals surface area contributed by atoms with E-state index in [1.54, 1.807) is 28.6 Å². The number of hydrogen-bond acceptors (Lipinski definition) is 2. The Hall–Kier alpha value is -2.40. The van der Waals surface area contributed by atoms with Gasteiger partial charge >= 0.3 is 0 Å². The molecule has 1 aliphatic heterocycles. The van der Waals surface area contributed by atoms with Gasteiger partial charge in [-0.2, -0.15) is 4.31 Å². The monoisotopic (exact) mass is 409 g/mol. The zero-order valence-corrected chi connectivity index (χ0v) is 16.9. The predicted molar refractivity (Wildman–Crippen MR) is 114 cm³/mol. The molecule has 142 valence electrons. The SMILES string of the molecule is Cc1ccc(S(=O)(=O)N2C(/C=C/c3ccccc3)[C@H]2c2ccc(Cl)cc2)cc1. The maximum absolute atomic E-state index is 13.2. The van der Waals surface area contributed by atoms with E-state index < -0.39 is 10.0 Å². The molecule has 3 atom stereocenters. The van der Waals surface area contributed by atoms with E-state index in [0.717, 1.165) is 16.7 Å². The number of sulfonamides is 1. The molecule has 0 N–H and O–H groups in total. The van der Waals surface area contributed by atoms with Crippen molar-refractivity contribution in [2.75, 3.05) is 0 Å². The zero-order chi connectivity index (χ0) is 19.7. The molecule has 1 aliphatic rings. The second-order valence-electron chi connectivity index (χ2n) is 6.90. The Bertz CT molecular complexity index is 1090. The fraction of sp³-hybridized carbons (Fsp3) is 0.130. The van der Waals surface area contributed by atoms with Crippen LogP contribution in [0.3, 0.4) is 0 Å². The summed E-state index contributed by atoms with van der Waals surface area (Å²) in [5.74, 6) is 0. The van der Waals surface area contributed by atoms with E-state index in [4.69, 9.17) is 11.6 Å². The molecule has 0 spiro atoms. The molecule has 1 heterocycles. The fourth-order valence-electron chi connectivity index (χ4n) is 3.34. The van der Waals surface area contributed by atoms with Crippen molar-refractivity contribution in [2.45, 2.75) is 23.9 Å². The molecular weight excluding hydrogens is 390 g/mol. The Morgan fingerprint density at radius 3 is 2.18 bits per heavy atom. The van der Waals surface area contributed by atoms with Crippen molar-refractivity contribution in [1.29, 1.82) is 0 Å². The molecule has 3 nitrogen and oxygen atoms in total. The first kappa shape index (κ1) is 18.9. The molecule has 0 aromatic heterocycles. The Labute approximate surface area is 170 Å². The van der Waals surface area contributed by atoms with Gasteiger partial charge < -0.3 is 0 Å². The Morgan fingerprint density at radius 2 is 1.54 bits per heavy atom. The van der Waals surface area contributed by atoms with Crippen LogP contribution in [0.4, 0.5) is 0 Å². The van der Waals surface area contributed by atoms with E-state index in [9.17, 15) is 8.42 Å². The van der Waals surface area contributed by atoms with Crippen molar-refractivity contribution in [3.63, 3.8) is 0 Å². The van der Waals surface area contributed by atoms with E-state index >= 15 is 0 Å². The van der Waals surface area contributed by atoms with Gasteiger partial charge in [0.2, 0.25) is 10.0 Å². The van der Waals surface area contributed by atoms with Crippen molar-refractivity contribution >= 4 is 27.7 Å². The van der Waals surface area contributed by atoms with Crippen LogP contribution in [0, 0.1) is 6.92 Å². The van der Waals surface area contributed by atoms with Crippen LogP contribution in [0.1, 0.15) is 22.7 Å². The highest BCUT2D eigenvalue weighted by Crippen LogP contribution is 2.48. The summed E-state index contributed by atoms with van der Waals surface area (Å²) in [4.78, 5) is 0.313. The second-order valence-corrected chi connectivity index (χ2v) is 9.18. The van der Waals surface area contributed by atoms with Gasteiger partial charge in [0.05, 0.1) is 17.0 Å². The van der Waals surface area contributed by atoms with Gasteiger partial charge in [0.25, 0.3) is 0 Å². The third-order valence-corrected chi connectivity index (χ3v) is 7.04. The summed E-state index contributed by atoms with van der Waals surface area (Å²) in [6.07, 6.45) is 3.93. The average Bonchev–Trinajstić information content (AvgIpc) is 3.43. The summed E-state index contributed by atoms with van der Waals surface area (Å²) in [7, 11) is -3.59. The van der Waals surface area contributed by atoms with E-state index in [1.807, 2.05) is 73.7 Å². The van der Waals surface area contributed by atoms with Crippen molar-refractivity contribution in [3.05, 3.63) is 107 Å². The Kier molecular flexibility index (Phi) is 5.11. The molecule has 5 heteroatoms. The Balaban J connectivity index is 1.68. The van der Waals surface area contributed by atoms with Crippen LogP contribution in [-0.2, 0) is 10.0 Å². The first-order valence-electron chi connectivity index (χ1n) is 9.06. The average molecular weight is 410 g/mol. The number of aryl methyl sites for hydroxylation is 1. The zero-order valence-electron chi connectivity index (χ0n) is 15.4. The Morgan fingerprint density at radius 1 is 0.893 bits per heavy atom. The van der Waals surface area contributed by atoms with Gasteiger partial charge in [-0.15, -0.1) is 0 Å². The highest BCUT2D eigenvalue weighted by Gasteiger charge is 2.54. The third-order valence-electron chi connectivity index (χ3n) is 4.90. The van der Waals surface area contributed by atoms with Gasteiger partial charge in [-0.25, -0.2) is 8.42 Å². The summed E-state index contributed by atoms with van der Waals surface area (Å²) >= 11 is 6.01. The fourth-order valence-corrected chi connectivity index (χ4v) is 5.18. The van der Waals surface area contributed by atoms with Gasteiger partial charge in [-0.3, -0.25) is 0 Å². The molecule has 3 aromatic carbocycles. The summed E-state index contributed by atoms with van der Waals surface area (Å²) in [5.41, 5.74) is 3.00. The van der Waals surface area contributed by atoms with Crippen LogP contribution in [0.25, 0.3) is 6.08 Å². The molecule has 0 aliphatic carbocycles. The first-order chi connectivity index (χ1) is 13.5. The van der Waals surface area contributed by atoms with Crippen LogP contribution < -0.4 is 0 Å². The van der Waals surface area contributed by atoms with Gasteiger partial charge in [-0.05, 0) is 42.3 Å². The minimum Gasteiger partial charge on any atom is -0.207 e. The van der Waals surface area contributed by atoms with Gasteiger partial charge in [0.1, 0.15) is 0 Å². The maximum atomic E-state index is 13.2. The first-order valence-corrected chi connectivity index (χ1v) is 10.9. The summed E-state index contributed by atoms with van der Waals surface area (Å²) in [6.45, 7) is 1.94. The third kappa shape index (κ3) is 3.76. The molecule has 0 radical (unpaired) electrons. The van der Waals surface area contributed by atoms with Gasteiger partial charge in [0, 0.05) is 5.02 Å². The normalized spacial score (nSPS) is 21.7. The topological polar surface area (TPSA) is 37.1 Å². The smallest absolute Gasteiger partial charge is 0.207 e. The highest BCUT2D eigenvalue weighted by atomic mass is 35.5. The van der Waals surface area contributed by atoms with Crippen molar-refractivity contribution < 1.29 is 8.42 Å². The molecule has 0 saturated carbocycles. The lowest BCUT2D eigenvalue weighted by molar-refractivity contribution is 0.550. The van der Waals surface area contributed by atoms with Crippen LogP contribution in [-0.4, -0.2) is 18.8 Å². The minimum atomic E-state index is -3.59. The number of benzene rings is 3. The molecule has 0 bridgehead atoms. The van der Waals surface area contributed by atoms with Gasteiger partial charge in [0.15, 0.2) is 0 Å². The lowest BCUT2D eigenvalue weighted by Crippen LogP contribution is -2.14. The lowest BCUT2D eigenvalue weighted by atomic mass is 10.1. The quantitative estimate of drug-likeness (QED) is 0.523. The summed E-state index contributed by atoms with van der Waals surface area (Å²) < 4.78 is 28.0. The molecule has 28 heavy (non-hydrogen) atoms. The number of nitrogens with zero attached hydrogens (tertiary/aromatic N) is 1. The molecule has 2 unspecified atom stereocenters. The minimum absolute atomic E-state index is 0.229. The highest BCUT2D eigenvalue weighted by molar-refractivity contribution is 7.89. The van der Waals surface area contributed by atoms with Crippen LogP contribution in [0.15, 0.2) is 89.8 Å². The summed E-state index contributed by atoms with van der Waals surface area (Å²) in [5, 5.41) is 0.633. The number of rotatable bonds is 5. The molecule has 1 saturated heterocycles. The number of hydrogen-bond donors (Lipinski definition) is 0. The molecule has 0 amide bonds. The molecule has 3 aromatic rings. The largest absolute Gasteiger partial charge is 0.244 e. The van der Waals surface area contributed by atoms with E-state index in [2.05, 4.69) is 0 Å². The second kappa shape index (κ2) is 7.55. The van der Waals surface area contributed by atoms with Crippen molar-refractivity contribution in [2.24, 2.45) is 0 Å². The predicted octanol–water partition coefficient (Wildman–Crippen LogP) is 5.48. The molecular formula is C23H20ClNO2S. The number of halogens is 1. The van der Waals surface area contributed by atoms with Crippen LogP contribution >= 0.6 is 11.6 Å². The standard InChI is InChI=1S/C23H20ClNO2S/c1-17-7-14-21(15-8-17)28(26,27)25-22(16-9-18-5-3-2-4-6-18)23(25)19-10-12-20(24)13-11-19/h2-16,22-23H,1H3/b16-9+/t22?,23-,25?/m1/s1. The van der Waals surface area contributed by atoms with Crippen LogP contribution in [0.2, 0.25) is 5.02 Å².